The molecule has 1 N–H and O–H groups in total. The van der Waals surface area contributed by atoms with E-state index in [1.807, 2.05) is 67.5 Å². The zero-order valence-electron chi connectivity index (χ0n) is 14.2. The number of nitrogens with zero attached hydrogens (tertiary/aromatic N) is 2. The van der Waals surface area contributed by atoms with E-state index in [1.165, 1.54) is 0 Å². The van der Waals surface area contributed by atoms with Crippen molar-refractivity contribution in [2.24, 2.45) is 5.92 Å². The molecule has 0 spiro atoms. The number of nitrogens with one attached hydrogen (secondary N) is 1. The fourth-order valence-corrected chi connectivity index (χ4v) is 3.40. The molecule has 0 saturated carbocycles. The number of anilines is 3. The first-order valence-electron chi connectivity index (χ1n) is 8.11. The van der Waals surface area contributed by atoms with Crippen LogP contribution in [-0.4, -0.2) is 32.5 Å². The summed E-state index contributed by atoms with van der Waals surface area (Å²) in [6.07, 6.45) is 0.516. The fraction of sp³-hybridized carbons (Fsp3) is 0.263. The molecule has 25 heavy (non-hydrogen) atoms. The molecule has 6 heteroatoms. The van der Waals surface area contributed by atoms with Gasteiger partial charge in [-0.2, -0.15) is 0 Å². The van der Waals surface area contributed by atoms with E-state index in [1.54, 1.807) is 4.90 Å². The lowest BCUT2D eigenvalue weighted by molar-refractivity contribution is -0.129. The van der Waals surface area contributed by atoms with Crippen molar-refractivity contribution in [1.29, 1.82) is 0 Å². The van der Waals surface area contributed by atoms with Crippen molar-refractivity contribution in [2.75, 3.05) is 35.8 Å². The molecule has 1 aliphatic heterocycles. The third-order valence-electron chi connectivity index (χ3n) is 4.32. The third kappa shape index (κ3) is 3.69. The molecule has 2 amide bonds. The first kappa shape index (κ1) is 17.5. The quantitative estimate of drug-likeness (QED) is 0.797. The van der Waals surface area contributed by atoms with Crippen LogP contribution in [0.25, 0.3) is 0 Å². The third-order valence-corrected chi connectivity index (χ3v) is 4.99. The minimum atomic E-state index is -0.652. The number of para-hydroxylation sites is 1. The largest absolute Gasteiger partial charge is 0.378 e. The van der Waals surface area contributed by atoms with Gasteiger partial charge in [-0.3, -0.25) is 9.59 Å². The second-order valence-electron chi connectivity index (χ2n) is 6.21. The molecule has 1 atom stereocenters. The Labute approximate surface area is 155 Å². The van der Waals surface area contributed by atoms with Crippen LogP contribution < -0.4 is 15.1 Å². The van der Waals surface area contributed by atoms with E-state index in [2.05, 4.69) is 21.2 Å². The summed E-state index contributed by atoms with van der Waals surface area (Å²) in [6, 6.07) is 15.1. The van der Waals surface area contributed by atoms with Crippen LogP contribution >= 0.6 is 15.9 Å². The van der Waals surface area contributed by atoms with E-state index in [-0.39, 0.29) is 11.8 Å². The molecule has 130 valence electrons. The second-order valence-corrected chi connectivity index (χ2v) is 7.07. The topological polar surface area (TPSA) is 52.7 Å². The molecule has 1 heterocycles. The SMILES string of the molecule is CN(C)c1ccc(NC(=O)C2CCN(c3ccccc3Br)C2=O)cc1. The number of hydrogen-bond acceptors (Lipinski definition) is 3. The highest BCUT2D eigenvalue weighted by atomic mass is 79.9. The molecule has 1 saturated heterocycles. The summed E-state index contributed by atoms with van der Waals surface area (Å²) in [6.45, 7) is 0.541. The summed E-state index contributed by atoms with van der Waals surface area (Å²) in [5.74, 6) is -1.06. The van der Waals surface area contributed by atoms with Crippen molar-refractivity contribution in [3.05, 3.63) is 53.0 Å². The van der Waals surface area contributed by atoms with Crippen LogP contribution in [0, 0.1) is 5.92 Å². The van der Waals surface area contributed by atoms with Gasteiger partial charge in [0.1, 0.15) is 5.92 Å². The van der Waals surface area contributed by atoms with E-state index < -0.39 is 5.92 Å². The number of carbonyl (C=O) groups is 2. The highest BCUT2D eigenvalue weighted by molar-refractivity contribution is 9.10. The summed E-state index contributed by atoms with van der Waals surface area (Å²) >= 11 is 3.46. The smallest absolute Gasteiger partial charge is 0.239 e. The van der Waals surface area contributed by atoms with Gasteiger partial charge >= 0.3 is 0 Å². The Kier molecular flexibility index (Phi) is 5.08. The van der Waals surface area contributed by atoms with Gasteiger partial charge in [-0.25, -0.2) is 0 Å². The minimum absolute atomic E-state index is 0.158. The van der Waals surface area contributed by atoms with Crippen molar-refractivity contribution in [1.82, 2.24) is 0 Å². The maximum atomic E-state index is 12.7. The molecule has 0 radical (unpaired) electrons. The monoisotopic (exact) mass is 401 g/mol. The molecule has 5 nitrogen and oxygen atoms in total. The lowest BCUT2D eigenvalue weighted by Gasteiger charge is -2.18. The lowest BCUT2D eigenvalue weighted by Crippen LogP contribution is -2.33. The highest BCUT2D eigenvalue weighted by Crippen LogP contribution is 2.31. The van der Waals surface area contributed by atoms with E-state index in [0.29, 0.717) is 18.7 Å². The Morgan fingerprint density at radius 1 is 1.16 bits per heavy atom. The number of halogens is 1. The lowest BCUT2D eigenvalue weighted by atomic mass is 10.1. The minimum Gasteiger partial charge on any atom is -0.378 e. The molecule has 1 unspecified atom stereocenters. The fourth-order valence-electron chi connectivity index (χ4n) is 2.91. The molecule has 3 rings (SSSR count). The first-order chi connectivity index (χ1) is 12.0. The van der Waals surface area contributed by atoms with Crippen molar-refractivity contribution in [3.63, 3.8) is 0 Å². The normalized spacial score (nSPS) is 16.8. The number of hydrogen-bond donors (Lipinski definition) is 1. The Hall–Kier alpha value is -2.34. The predicted molar refractivity (Wildman–Crippen MR) is 104 cm³/mol. The van der Waals surface area contributed by atoms with Crippen LogP contribution in [0.3, 0.4) is 0 Å². The molecular formula is C19H20BrN3O2. The van der Waals surface area contributed by atoms with Gasteiger partial charge in [0, 0.05) is 36.5 Å². The van der Waals surface area contributed by atoms with Gasteiger partial charge in [0.2, 0.25) is 11.8 Å². The summed E-state index contributed by atoms with van der Waals surface area (Å²) in [7, 11) is 3.92. The first-order valence-corrected chi connectivity index (χ1v) is 8.91. The summed E-state index contributed by atoms with van der Waals surface area (Å²) in [5, 5.41) is 2.85. The van der Waals surface area contributed by atoms with Crippen molar-refractivity contribution in [2.45, 2.75) is 6.42 Å². The average Bonchev–Trinajstić information content (AvgIpc) is 2.97. The van der Waals surface area contributed by atoms with Gasteiger partial charge < -0.3 is 15.1 Å². The number of rotatable bonds is 4. The number of benzene rings is 2. The number of amides is 2. The summed E-state index contributed by atoms with van der Waals surface area (Å²) in [5.41, 5.74) is 2.55. The number of carbonyl (C=O) groups excluding carboxylic acids is 2. The van der Waals surface area contributed by atoms with Crippen LogP contribution in [0.15, 0.2) is 53.0 Å². The van der Waals surface area contributed by atoms with Crippen LogP contribution in [0.5, 0.6) is 0 Å². The Balaban J connectivity index is 1.69. The van der Waals surface area contributed by atoms with Crippen LogP contribution in [-0.2, 0) is 9.59 Å². The van der Waals surface area contributed by atoms with Crippen molar-refractivity contribution in [3.8, 4) is 0 Å². The molecule has 1 aliphatic rings. The Morgan fingerprint density at radius 3 is 2.48 bits per heavy atom. The molecule has 2 aromatic rings. The standard InChI is InChI=1S/C19H20BrN3O2/c1-22(2)14-9-7-13(8-10-14)21-18(24)15-11-12-23(19(15)25)17-6-4-3-5-16(17)20/h3-10,15H,11-12H2,1-2H3,(H,21,24). The van der Waals surface area contributed by atoms with Crippen LogP contribution in [0.4, 0.5) is 17.1 Å². The average molecular weight is 402 g/mol. The van der Waals surface area contributed by atoms with Crippen molar-refractivity contribution >= 4 is 44.8 Å². The maximum absolute atomic E-state index is 12.7. The zero-order valence-corrected chi connectivity index (χ0v) is 15.8. The van der Waals surface area contributed by atoms with E-state index in [9.17, 15) is 9.59 Å². The van der Waals surface area contributed by atoms with Crippen LogP contribution in [0.2, 0.25) is 0 Å². The van der Waals surface area contributed by atoms with Crippen molar-refractivity contribution < 1.29 is 9.59 Å². The van der Waals surface area contributed by atoms with Crippen LogP contribution in [0.1, 0.15) is 6.42 Å². The second kappa shape index (κ2) is 7.27. The van der Waals surface area contributed by atoms with E-state index >= 15 is 0 Å². The van der Waals surface area contributed by atoms with Gasteiger partial charge in [-0.15, -0.1) is 0 Å². The molecular weight excluding hydrogens is 382 g/mol. The Morgan fingerprint density at radius 2 is 1.84 bits per heavy atom. The predicted octanol–water partition coefficient (Wildman–Crippen LogP) is 3.51. The summed E-state index contributed by atoms with van der Waals surface area (Å²) < 4.78 is 0.851. The summed E-state index contributed by atoms with van der Waals surface area (Å²) in [4.78, 5) is 28.9. The molecule has 2 aromatic carbocycles. The van der Waals surface area contributed by atoms with Gasteiger partial charge in [0.05, 0.1) is 5.69 Å². The molecule has 0 bridgehead atoms. The van der Waals surface area contributed by atoms with Gasteiger partial charge in [-0.1, -0.05) is 12.1 Å². The van der Waals surface area contributed by atoms with Gasteiger partial charge in [0.15, 0.2) is 0 Å². The zero-order chi connectivity index (χ0) is 18.0. The highest BCUT2D eigenvalue weighted by Gasteiger charge is 2.38. The Bertz CT molecular complexity index is 790. The van der Waals surface area contributed by atoms with E-state index in [0.717, 1.165) is 15.8 Å². The molecule has 0 aromatic heterocycles. The maximum Gasteiger partial charge on any atom is 0.239 e. The van der Waals surface area contributed by atoms with E-state index in [4.69, 9.17) is 0 Å². The molecule has 0 aliphatic carbocycles. The van der Waals surface area contributed by atoms with Gasteiger partial charge in [0.25, 0.3) is 0 Å². The van der Waals surface area contributed by atoms with Gasteiger partial charge in [-0.05, 0) is 58.7 Å². The molecule has 1 fully saturated rings.